The standard InChI is InChI=1S/C24H16ClNO2S/c25-16-11-12-18-20(13-16)29-24-22(23(18)28)19(15-7-3-1-4-8-15)14-21(27)26(24)17-9-5-2-6-10-17/h1-13,19H,14H2. The van der Waals surface area contributed by atoms with Gasteiger partial charge < -0.3 is 0 Å². The zero-order valence-corrected chi connectivity index (χ0v) is 16.9. The molecule has 5 heteroatoms. The van der Waals surface area contributed by atoms with Gasteiger partial charge in [0, 0.05) is 38.7 Å². The number of hydrogen-bond acceptors (Lipinski definition) is 3. The summed E-state index contributed by atoms with van der Waals surface area (Å²) in [5.41, 5.74) is 2.39. The van der Waals surface area contributed by atoms with Crippen molar-refractivity contribution >= 4 is 49.6 Å². The molecule has 1 amide bonds. The molecule has 1 atom stereocenters. The highest BCUT2D eigenvalue weighted by atomic mass is 35.5. The molecular weight excluding hydrogens is 402 g/mol. The minimum absolute atomic E-state index is 0.0189. The second-order valence-corrected chi connectivity index (χ2v) is 8.49. The van der Waals surface area contributed by atoms with Crippen molar-refractivity contribution in [1.29, 1.82) is 0 Å². The summed E-state index contributed by atoms with van der Waals surface area (Å²) in [7, 11) is 0. The minimum Gasteiger partial charge on any atom is -0.289 e. The van der Waals surface area contributed by atoms with Gasteiger partial charge >= 0.3 is 0 Å². The van der Waals surface area contributed by atoms with Crippen molar-refractivity contribution in [1.82, 2.24) is 0 Å². The Balaban J connectivity index is 1.84. The third-order valence-corrected chi connectivity index (χ3v) is 6.65. The van der Waals surface area contributed by atoms with E-state index < -0.39 is 0 Å². The van der Waals surface area contributed by atoms with Gasteiger partial charge in [-0.1, -0.05) is 60.1 Å². The number of carbonyl (C=O) groups excluding carboxylic acids is 1. The molecular formula is C24H16ClNO2S. The average molecular weight is 418 g/mol. The molecule has 0 saturated heterocycles. The molecule has 1 aliphatic rings. The van der Waals surface area contributed by atoms with Gasteiger partial charge in [0.1, 0.15) is 5.00 Å². The van der Waals surface area contributed by atoms with Crippen LogP contribution in [-0.2, 0) is 4.79 Å². The first-order chi connectivity index (χ1) is 14.1. The molecule has 5 rings (SSSR count). The molecule has 0 saturated carbocycles. The summed E-state index contributed by atoms with van der Waals surface area (Å²) in [6.07, 6.45) is 0.257. The predicted octanol–water partition coefficient (Wildman–Crippen LogP) is 6.12. The van der Waals surface area contributed by atoms with E-state index in [1.165, 1.54) is 11.3 Å². The smallest absolute Gasteiger partial charge is 0.233 e. The van der Waals surface area contributed by atoms with Gasteiger partial charge in [-0.25, -0.2) is 0 Å². The van der Waals surface area contributed by atoms with Gasteiger partial charge in [-0.2, -0.15) is 0 Å². The third kappa shape index (κ3) is 3.05. The number of amides is 1. The van der Waals surface area contributed by atoms with Crippen molar-refractivity contribution in [2.45, 2.75) is 12.3 Å². The lowest BCUT2D eigenvalue weighted by atomic mass is 9.85. The highest BCUT2D eigenvalue weighted by Gasteiger charge is 2.36. The van der Waals surface area contributed by atoms with Crippen LogP contribution in [-0.4, -0.2) is 5.91 Å². The summed E-state index contributed by atoms with van der Waals surface area (Å²) < 4.78 is 0.781. The Hall–Kier alpha value is -2.95. The van der Waals surface area contributed by atoms with Crippen LogP contribution in [0.2, 0.25) is 5.02 Å². The van der Waals surface area contributed by atoms with Crippen molar-refractivity contribution in [2.75, 3.05) is 4.90 Å². The number of fused-ring (bicyclic) bond motifs is 2. The van der Waals surface area contributed by atoms with Crippen molar-refractivity contribution in [3.8, 4) is 0 Å². The highest BCUT2D eigenvalue weighted by molar-refractivity contribution is 7.22. The molecule has 1 aliphatic heterocycles. The van der Waals surface area contributed by atoms with Crippen LogP contribution in [0.1, 0.15) is 23.5 Å². The average Bonchev–Trinajstić information content (AvgIpc) is 2.74. The van der Waals surface area contributed by atoms with Gasteiger partial charge in [0.05, 0.1) is 0 Å². The number of halogens is 1. The van der Waals surface area contributed by atoms with Crippen LogP contribution >= 0.6 is 22.9 Å². The lowest BCUT2D eigenvalue weighted by molar-refractivity contribution is -0.118. The Kier molecular flexibility index (Phi) is 4.46. The van der Waals surface area contributed by atoms with E-state index in [4.69, 9.17) is 11.6 Å². The van der Waals surface area contributed by atoms with E-state index >= 15 is 0 Å². The van der Waals surface area contributed by atoms with E-state index in [2.05, 4.69) is 0 Å². The van der Waals surface area contributed by atoms with Crippen molar-refractivity contribution in [2.24, 2.45) is 0 Å². The number of benzene rings is 3. The first-order valence-corrected chi connectivity index (χ1v) is 10.5. The summed E-state index contributed by atoms with van der Waals surface area (Å²) in [6.45, 7) is 0. The molecule has 4 aromatic rings. The zero-order valence-electron chi connectivity index (χ0n) is 15.3. The first-order valence-electron chi connectivity index (χ1n) is 9.32. The molecule has 1 aromatic heterocycles. The molecule has 0 spiro atoms. The van der Waals surface area contributed by atoms with Gasteiger partial charge in [-0.15, -0.1) is 11.3 Å². The number of hydrogen-bond donors (Lipinski definition) is 0. The fourth-order valence-electron chi connectivity index (χ4n) is 3.93. The highest BCUT2D eigenvalue weighted by Crippen LogP contribution is 2.45. The number of nitrogens with zero attached hydrogens (tertiary/aromatic N) is 1. The number of anilines is 2. The van der Waals surface area contributed by atoms with Crippen LogP contribution in [0.25, 0.3) is 10.1 Å². The van der Waals surface area contributed by atoms with Crippen LogP contribution in [0.4, 0.5) is 10.7 Å². The van der Waals surface area contributed by atoms with E-state index in [-0.39, 0.29) is 23.7 Å². The molecule has 1 unspecified atom stereocenters. The monoisotopic (exact) mass is 417 g/mol. The number of rotatable bonds is 2. The van der Waals surface area contributed by atoms with E-state index in [1.54, 1.807) is 23.1 Å². The van der Waals surface area contributed by atoms with Crippen LogP contribution in [0.3, 0.4) is 0 Å². The maximum Gasteiger partial charge on any atom is 0.233 e. The molecule has 3 aromatic carbocycles. The predicted molar refractivity (Wildman–Crippen MR) is 120 cm³/mol. The molecule has 0 aliphatic carbocycles. The summed E-state index contributed by atoms with van der Waals surface area (Å²) in [6, 6.07) is 24.6. The zero-order chi connectivity index (χ0) is 20.0. The summed E-state index contributed by atoms with van der Waals surface area (Å²) in [5, 5.41) is 1.89. The van der Waals surface area contributed by atoms with E-state index in [9.17, 15) is 9.59 Å². The Morgan fingerprint density at radius 1 is 0.897 bits per heavy atom. The van der Waals surface area contributed by atoms with E-state index in [0.29, 0.717) is 21.0 Å². The summed E-state index contributed by atoms with van der Waals surface area (Å²) in [5.74, 6) is -0.280. The van der Waals surface area contributed by atoms with E-state index in [1.807, 2.05) is 60.7 Å². The first kappa shape index (κ1) is 18.1. The molecule has 3 nitrogen and oxygen atoms in total. The van der Waals surface area contributed by atoms with Crippen LogP contribution in [0.15, 0.2) is 83.7 Å². The van der Waals surface area contributed by atoms with Crippen LogP contribution in [0, 0.1) is 0 Å². The Labute approximate surface area is 176 Å². The van der Waals surface area contributed by atoms with Gasteiger partial charge in [-0.3, -0.25) is 14.5 Å². The Morgan fingerprint density at radius 3 is 2.31 bits per heavy atom. The van der Waals surface area contributed by atoms with Gasteiger partial charge in [0.25, 0.3) is 0 Å². The second-order valence-electron chi connectivity index (χ2n) is 7.02. The minimum atomic E-state index is -0.262. The van der Waals surface area contributed by atoms with Crippen molar-refractivity contribution in [3.63, 3.8) is 0 Å². The molecule has 0 bridgehead atoms. The van der Waals surface area contributed by atoms with Gasteiger partial charge in [0.2, 0.25) is 5.91 Å². The van der Waals surface area contributed by atoms with Crippen molar-refractivity contribution in [3.05, 3.63) is 105 Å². The molecule has 2 heterocycles. The molecule has 0 N–H and O–H groups in total. The van der Waals surface area contributed by atoms with Gasteiger partial charge in [0.15, 0.2) is 5.43 Å². The fraction of sp³-hybridized carbons (Fsp3) is 0.0833. The molecule has 0 fully saturated rings. The van der Waals surface area contributed by atoms with Crippen LogP contribution < -0.4 is 10.3 Å². The maximum absolute atomic E-state index is 13.6. The topological polar surface area (TPSA) is 37.4 Å². The number of carbonyl (C=O) groups is 1. The van der Waals surface area contributed by atoms with E-state index in [0.717, 1.165) is 16.0 Å². The number of para-hydroxylation sites is 1. The summed E-state index contributed by atoms with van der Waals surface area (Å²) >= 11 is 7.63. The molecule has 0 radical (unpaired) electrons. The normalized spacial score (nSPS) is 16.1. The SMILES string of the molecule is O=C1CC(c2ccccc2)c2c(sc3cc(Cl)ccc3c2=O)N1c1ccccc1. The van der Waals surface area contributed by atoms with Gasteiger partial charge in [-0.05, 0) is 35.9 Å². The lowest BCUT2D eigenvalue weighted by Crippen LogP contribution is -2.35. The quantitative estimate of drug-likeness (QED) is 0.394. The second kappa shape index (κ2) is 7.14. The van der Waals surface area contributed by atoms with Crippen molar-refractivity contribution < 1.29 is 4.79 Å². The molecule has 29 heavy (non-hydrogen) atoms. The van der Waals surface area contributed by atoms with Crippen LogP contribution in [0.5, 0.6) is 0 Å². The lowest BCUT2D eigenvalue weighted by Gasteiger charge is -2.33. The Morgan fingerprint density at radius 2 is 1.59 bits per heavy atom. The largest absolute Gasteiger partial charge is 0.289 e. The third-order valence-electron chi connectivity index (χ3n) is 5.27. The summed E-state index contributed by atoms with van der Waals surface area (Å²) in [4.78, 5) is 28.5. The fourth-order valence-corrected chi connectivity index (χ4v) is 5.48. The molecule has 142 valence electrons. The Bertz CT molecular complexity index is 1290. The maximum atomic E-state index is 13.6.